The Morgan fingerprint density at radius 1 is 0.840 bits per heavy atom. The number of methoxy groups -OCH3 is 3. The van der Waals surface area contributed by atoms with Crippen LogP contribution in [-0.2, 0) is 0 Å². The maximum atomic E-state index is 12.2. The molecule has 0 saturated carbocycles. The molecule has 2 aromatic carbocycles. The third kappa shape index (κ3) is 4.48. The minimum absolute atomic E-state index is 0.322. The van der Waals surface area contributed by atoms with Crippen molar-refractivity contribution >= 4 is 0 Å². The van der Waals surface area contributed by atoms with Crippen molar-refractivity contribution in [1.29, 1.82) is 0 Å². The first-order chi connectivity index (χ1) is 11.8. The number of benzene rings is 2. The Morgan fingerprint density at radius 2 is 1.36 bits per heavy atom. The molecule has 25 heavy (non-hydrogen) atoms. The molecule has 0 aliphatic rings. The van der Waals surface area contributed by atoms with Crippen LogP contribution in [0.5, 0.6) is 23.0 Å². The van der Waals surface area contributed by atoms with Gasteiger partial charge in [-0.3, -0.25) is 0 Å². The number of rotatable bonds is 6. The molecule has 0 heterocycles. The van der Waals surface area contributed by atoms with E-state index in [9.17, 15) is 13.2 Å². The fourth-order valence-electron chi connectivity index (χ4n) is 2.38. The van der Waals surface area contributed by atoms with Gasteiger partial charge in [-0.1, -0.05) is 12.1 Å². The van der Waals surface area contributed by atoms with Crippen molar-refractivity contribution in [2.24, 2.45) is 5.73 Å². The zero-order valence-electron chi connectivity index (χ0n) is 13.9. The lowest BCUT2D eigenvalue weighted by atomic mass is 9.97. The predicted octanol–water partition coefficient (Wildman–Crippen LogP) is 3.66. The molecule has 0 aromatic heterocycles. The second-order valence-electron chi connectivity index (χ2n) is 5.04. The molecule has 0 amide bonds. The zero-order chi connectivity index (χ0) is 18.6. The molecule has 136 valence electrons. The fraction of sp³-hybridized carbons (Fsp3) is 0.294. The Hall–Kier alpha value is -2.61. The van der Waals surface area contributed by atoms with Crippen LogP contribution in [0.15, 0.2) is 36.4 Å². The Labute approximate surface area is 143 Å². The van der Waals surface area contributed by atoms with E-state index in [2.05, 4.69) is 4.74 Å². The number of hydrogen-bond acceptors (Lipinski definition) is 5. The van der Waals surface area contributed by atoms with Gasteiger partial charge in [0, 0.05) is 12.1 Å². The van der Waals surface area contributed by atoms with Gasteiger partial charge in [0.2, 0.25) is 0 Å². The van der Waals surface area contributed by atoms with Gasteiger partial charge in [0.1, 0.15) is 23.0 Å². The molecular weight excluding hydrogens is 339 g/mol. The van der Waals surface area contributed by atoms with Gasteiger partial charge in [0.15, 0.2) is 0 Å². The Balaban J connectivity index is 2.38. The van der Waals surface area contributed by atoms with Gasteiger partial charge in [0.05, 0.1) is 32.9 Å². The molecular formula is C17H18F3NO4. The summed E-state index contributed by atoms with van der Waals surface area (Å²) in [6.07, 6.45) is -4.74. The number of nitrogens with two attached hydrogens (primary N) is 1. The molecule has 2 rings (SSSR count). The van der Waals surface area contributed by atoms with Crippen LogP contribution in [0.4, 0.5) is 13.2 Å². The van der Waals surface area contributed by atoms with Crippen molar-refractivity contribution in [1.82, 2.24) is 0 Å². The number of alkyl halides is 3. The molecule has 8 heteroatoms. The van der Waals surface area contributed by atoms with E-state index in [-0.39, 0.29) is 5.75 Å². The normalized spacial score (nSPS) is 12.4. The molecule has 0 saturated heterocycles. The van der Waals surface area contributed by atoms with Crippen molar-refractivity contribution in [2.45, 2.75) is 12.4 Å². The lowest BCUT2D eigenvalue weighted by Gasteiger charge is -2.20. The molecule has 2 aromatic rings. The quantitative estimate of drug-likeness (QED) is 0.855. The monoisotopic (exact) mass is 357 g/mol. The predicted molar refractivity (Wildman–Crippen MR) is 85.3 cm³/mol. The standard InChI is InChI=1S/C17H18F3NO4/c1-22-12-8-13(23-2)15(14(9-12)24-3)16(21)10-4-6-11(7-5-10)25-17(18,19)20/h4-9,16H,21H2,1-3H3/t16-/m1/s1. The first kappa shape index (κ1) is 18.7. The maximum Gasteiger partial charge on any atom is 0.573 e. The third-order valence-corrected chi connectivity index (χ3v) is 3.54. The van der Waals surface area contributed by atoms with Crippen molar-refractivity contribution in [2.75, 3.05) is 21.3 Å². The first-order valence-corrected chi connectivity index (χ1v) is 7.20. The summed E-state index contributed by atoms with van der Waals surface area (Å²) < 4.78 is 56.5. The average molecular weight is 357 g/mol. The summed E-state index contributed by atoms with van der Waals surface area (Å²) in [5.74, 6) is 1.09. The Morgan fingerprint density at radius 3 is 1.76 bits per heavy atom. The van der Waals surface area contributed by atoms with Gasteiger partial charge in [-0.2, -0.15) is 0 Å². The van der Waals surface area contributed by atoms with Crippen molar-refractivity contribution in [3.8, 4) is 23.0 Å². The SMILES string of the molecule is COc1cc(OC)c([C@H](N)c2ccc(OC(F)(F)F)cc2)c(OC)c1. The number of ether oxygens (including phenoxy) is 4. The second-order valence-corrected chi connectivity index (χ2v) is 5.04. The Bertz CT molecular complexity index is 692. The number of halogens is 3. The van der Waals surface area contributed by atoms with Crippen molar-refractivity contribution < 1.29 is 32.1 Å². The van der Waals surface area contributed by atoms with E-state index in [1.54, 1.807) is 12.1 Å². The van der Waals surface area contributed by atoms with E-state index >= 15 is 0 Å². The van der Waals surface area contributed by atoms with E-state index < -0.39 is 12.4 Å². The molecule has 0 radical (unpaired) electrons. The summed E-state index contributed by atoms with van der Waals surface area (Å²) in [7, 11) is 4.46. The molecule has 0 aliphatic carbocycles. The second kappa shape index (κ2) is 7.52. The highest BCUT2D eigenvalue weighted by Gasteiger charge is 2.31. The van der Waals surface area contributed by atoms with E-state index in [0.29, 0.717) is 28.4 Å². The molecule has 1 atom stereocenters. The molecule has 0 spiro atoms. The summed E-state index contributed by atoms with van der Waals surface area (Å²) in [6.45, 7) is 0. The largest absolute Gasteiger partial charge is 0.573 e. The lowest BCUT2D eigenvalue weighted by molar-refractivity contribution is -0.274. The van der Waals surface area contributed by atoms with Gasteiger partial charge in [0.25, 0.3) is 0 Å². The van der Waals surface area contributed by atoms with Crippen LogP contribution in [0.25, 0.3) is 0 Å². The first-order valence-electron chi connectivity index (χ1n) is 7.20. The van der Waals surface area contributed by atoms with Crippen molar-refractivity contribution in [3.05, 3.63) is 47.5 Å². The fourth-order valence-corrected chi connectivity index (χ4v) is 2.38. The van der Waals surface area contributed by atoms with Gasteiger partial charge in [-0.15, -0.1) is 13.2 Å². The smallest absolute Gasteiger partial charge is 0.496 e. The zero-order valence-corrected chi connectivity index (χ0v) is 13.9. The molecule has 5 nitrogen and oxygen atoms in total. The highest BCUT2D eigenvalue weighted by Crippen LogP contribution is 2.40. The molecule has 0 fully saturated rings. The van der Waals surface area contributed by atoms with Crippen LogP contribution in [-0.4, -0.2) is 27.7 Å². The topological polar surface area (TPSA) is 62.9 Å². The minimum Gasteiger partial charge on any atom is -0.496 e. The summed E-state index contributed by atoms with van der Waals surface area (Å²) in [6, 6.07) is 7.92. The van der Waals surface area contributed by atoms with Crippen LogP contribution < -0.4 is 24.7 Å². The Kier molecular flexibility index (Phi) is 5.63. The van der Waals surface area contributed by atoms with Crippen LogP contribution in [0, 0.1) is 0 Å². The van der Waals surface area contributed by atoms with Crippen LogP contribution >= 0.6 is 0 Å². The van der Waals surface area contributed by atoms with Gasteiger partial charge in [-0.25, -0.2) is 0 Å². The summed E-state index contributed by atoms with van der Waals surface area (Å²) in [5, 5.41) is 0. The average Bonchev–Trinajstić information content (AvgIpc) is 2.59. The van der Waals surface area contributed by atoms with Crippen LogP contribution in [0.2, 0.25) is 0 Å². The van der Waals surface area contributed by atoms with E-state index in [1.807, 2.05) is 0 Å². The molecule has 0 unspecified atom stereocenters. The van der Waals surface area contributed by atoms with Crippen LogP contribution in [0.3, 0.4) is 0 Å². The highest BCUT2D eigenvalue weighted by atomic mass is 19.4. The van der Waals surface area contributed by atoms with Crippen molar-refractivity contribution in [3.63, 3.8) is 0 Å². The lowest BCUT2D eigenvalue weighted by Crippen LogP contribution is -2.17. The molecule has 0 bridgehead atoms. The summed E-state index contributed by atoms with van der Waals surface area (Å²) >= 11 is 0. The minimum atomic E-state index is -4.74. The summed E-state index contributed by atoms with van der Waals surface area (Å²) in [5.41, 5.74) is 7.39. The van der Waals surface area contributed by atoms with E-state index in [4.69, 9.17) is 19.9 Å². The van der Waals surface area contributed by atoms with Crippen LogP contribution in [0.1, 0.15) is 17.2 Å². The molecule has 0 aliphatic heterocycles. The van der Waals surface area contributed by atoms with E-state index in [0.717, 1.165) is 0 Å². The maximum absolute atomic E-state index is 12.2. The molecule has 2 N–H and O–H groups in total. The van der Waals surface area contributed by atoms with Gasteiger partial charge < -0.3 is 24.7 Å². The van der Waals surface area contributed by atoms with Gasteiger partial charge >= 0.3 is 6.36 Å². The highest BCUT2D eigenvalue weighted by molar-refractivity contribution is 5.55. The third-order valence-electron chi connectivity index (χ3n) is 3.54. The number of hydrogen-bond donors (Lipinski definition) is 1. The summed E-state index contributed by atoms with van der Waals surface area (Å²) in [4.78, 5) is 0. The van der Waals surface area contributed by atoms with Gasteiger partial charge in [-0.05, 0) is 17.7 Å². The van der Waals surface area contributed by atoms with E-state index in [1.165, 1.54) is 45.6 Å².